The molecule has 0 aliphatic heterocycles. The van der Waals surface area contributed by atoms with Crippen LogP contribution >= 0.6 is 0 Å². The highest BCUT2D eigenvalue weighted by Crippen LogP contribution is 2.15. The van der Waals surface area contributed by atoms with Crippen LogP contribution in [-0.4, -0.2) is 26.7 Å². The lowest BCUT2D eigenvalue weighted by atomic mass is 10.1. The normalized spacial score (nSPS) is 14.5. The monoisotopic (exact) mass is 203 g/mol. The van der Waals surface area contributed by atoms with Crippen molar-refractivity contribution in [2.45, 2.75) is 13.8 Å². The minimum Gasteiger partial charge on any atom is -0.296 e. The van der Waals surface area contributed by atoms with Crippen molar-refractivity contribution in [2.75, 3.05) is 7.05 Å². The van der Waals surface area contributed by atoms with E-state index in [4.69, 9.17) is 0 Å². The molecule has 0 aromatic heterocycles. The molecule has 0 aromatic carbocycles. The smallest absolute Gasteiger partial charge is 0.0458 e. The summed E-state index contributed by atoms with van der Waals surface area (Å²) in [7, 11) is 1.72. The van der Waals surface area contributed by atoms with E-state index in [9.17, 15) is 0 Å². The maximum absolute atomic E-state index is 3.99. The summed E-state index contributed by atoms with van der Waals surface area (Å²) in [5.74, 6) is 0. The van der Waals surface area contributed by atoms with Gasteiger partial charge in [0.1, 0.15) is 0 Å². The minimum atomic E-state index is 0.836. The van der Waals surface area contributed by atoms with Crippen LogP contribution in [0.1, 0.15) is 13.8 Å². The van der Waals surface area contributed by atoms with E-state index in [0.717, 1.165) is 16.8 Å². The molecule has 0 radical (unpaired) electrons. The van der Waals surface area contributed by atoms with E-state index in [1.165, 1.54) is 0 Å². The van der Waals surface area contributed by atoms with E-state index in [0.29, 0.717) is 0 Å². The largest absolute Gasteiger partial charge is 0.296 e. The van der Waals surface area contributed by atoms with E-state index >= 15 is 0 Å². The first-order chi connectivity index (χ1) is 7.21. The molecule has 0 spiro atoms. The molecule has 0 amide bonds. The lowest BCUT2D eigenvalue weighted by molar-refractivity contribution is 1.28. The number of nitrogens with zero attached hydrogens (tertiary/aromatic N) is 3. The molecule has 0 bridgehead atoms. The quantitative estimate of drug-likeness (QED) is 0.487. The van der Waals surface area contributed by atoms with E-state index in [1.54, 1.807) is 19.5 Å². The van der Waals surface area contributed by atoms with Gasteiger partial charge in [-0.25, -0.2) is 0 Å². The summed E-state index contributed by atoms with van der Waals surface area (Å²) in [6.45, 7) is 10.7. The molecule has 80 valence electrons. The van der Waals surface area contributed by atoms with Gasteiger partial charge in [-0.1, -0.05) is 6.08 Å². The molecular formula is C12H17N3. The zero-order valence-electron chi connectivity index (χ0n) is 9.57. The number of hydrogen-bond donors (Lipinski definition) is 0. The van der Waals surface area contributed by atoms with E-state index in [1.807, 2.05) is 26.0 Å². The second-order valence-corrected chi connectivity index (χ2v) is 2.79. The molecule has 0 fully saturated rings. The predicted molar refractivity (Wildman–Crippen MR) is 69.1 cm³/mol. The first kappa shape index (κ1) is 13.2. The molecule has 0 aliphatic carbocycles. The van der Waals surface area contributed by atoms with Gasteiger partial charge >= 0.3 is 0 Å². The Kier molecular flexibility index (Phi) is 6.72. The van der Waals surface area contributed by atoms with Gasteiger partial charge in [-0.3, -0.25) is 15.0 Å². The Hall–Kier alpha value is -1.77. The predicted octanol–water partition coefficient (Wildman–Crippen LogP) is 2.82. The van der Waals surface area contributed by atoms with Gasteiger partial charge in [-0.15, -0.1) is 0 Å². The number of aliphatic imine (C=N–C) groups is 3. The molecule has 0 unspecified atom stereocenters. The summed E-state index contributed by atoms with van der Waals surface area (Å²) in [6, 6.07) is 0. The zero-order valence-corrected chi connectivity index (χ0v) is 9.57. The third-order valence-corrected chi connectivity index (χ3v) is 1.87. The average Bonchev–Trinajstić information content (AvgIpc) is 2.27. The maximum atomic E-state index is 3.99. The van der Waals surface area contributed by atoms with Crippen LogP contribution in [-0.2, 0) is 0 Å². The molecule has 0 saturated carbocycles. The van der Waals surface area contributed by atoms with E-state index < -0.39 is 0 Å². The Labute approximate surface area is 91.4 Å². The summed E-state index contributed by atoms with van der Waals surface area (Å²) in [5, 5.41) is 0. The number of allylic oxidation sites excluding steroid dienone is 5. The Balaban J connectivity index is 5.33. The van der Waals surface area contributed by atoms with Crippen molar-refractivity contribution < 1.29 is 0 Å². The summed E-state index contributed by atoms with van der Waals surface area (Å²) >= 11 is 0. The van der Waals surface area contributed by atoms with Gasteiger partial charge in [0.05, 0.1) is 0 Å². The molecule has 15 heavy (non-hydrogen) atoms. The molecule has 0 heterocycles. The van der Waals surface area contributed by atoms with Gasteiger partial charge in [0.2, 0.25) is 0 Å². The standard InChI is InChI=1S/C12H17N3/c1-6-11(7-8-13-3)12(9-14-4)10(2)15-5/h6-9H,3,5H2,1-2,4H3/b8-7-,11-6+,12-10-,14-9-. The molecule has 0 aliphatic rings. The summed E-state index contributed by atoms with van der Waals surface area (Å²) in [6.07, 6.45) is 7.22. The highest BCUT2D eigenvalue weighted by atomic mass is 14.7. The molecule has 0 saturated heterocycles. The van der Waals surface area contributed by atoms with Crippen molar-refractivity contribution in [3.05, 3.63) is 35.2 Å². The third kappa shape index (κ3) is 4.31. The minimum absolute atomic E-state index is 0.836. The van der Waals surface area contributed by atoms with Gasteiger partial charge < -0.3 is 0 Å². The molecule has 0 aromatic rings. The Bertz CT molecular complexity index is 344. The van der Waals surface area contributed by atoms with Crippen LogP contribution in [0, 0.1) is 0 Å². The zero-order chi connectivity index (χ0) is 11.7. The Morgan fingerprint density at radius 3 is 2.33 bits per heavy atom. The number of hydrogen-bond acceptors (Lipinski definition) is 3. The first-order valence-electron chi connectivity index (χ1n) is 4.60. The highest BCUT2D eigenvalue weighted by Gasteiger charge is 2.01. The highest BCUT2D eigenvalue weighted by molar-refractivity contribution is 5.87. The molecule has 0 atom stereocenters. The Morgan fingerprint density at radius 2 is 1.93 bits per heavy atom. The third-order valence-electron chi connectivity index (χ3n) is 1.87. The van der Waals surface area contributed by atoms with Crippen LogP contribution < -0.4 is 0 Å². The summed E-state index contributed by atoms with van der Waals surface area (Å²) in [4.78, 5) is 11.6. The van der Waals surface area contributed by atoms with Crippen molar-refractivity contribution in [1.82, 2.24) is 0 Å². The van der Waals surface area contributed by atoms with Gasteiger partial charge in [-0.05, 0) is 38.9 Å². The fraction of sp³-hybridized carbons (Fsp3) is 0.250. The second-order valence-electron chi connectivity index (χ2n) is 2.79. The van der Waals surface area contributed by atoms with Gasteiger partial charge in [0.15, 0.2) is 0 Å². The van der Waals surface area contributed by atoms with E-state index in [-0.39, 0.29) is 0 Å². The topological polar surface area (TPSA) is 37.1 Å². The summed E-state index contributed by atoms with van der Waals surface area (Å²) < 4.78 is 0. The van der Waals surface area contributed by atoms with Crippen LogP contribution in [0.2, 0.25) is 0 Å². The van der Waals surface area contributed by atoms with Crippen LogP contribution in [0.5, 0.6) is 0 Å². The van der Waals surface area contributed by atoms with Crippen LogP contribution in [0.3, 0.4) is 0 Å². The second kappa shape index (κ2) is 7.62. The maximum Gasteiger partial charge on any atom is 0.0458 e. The fourth-order valence-electron chi connectivity index (χ4n) is 1.07. The van der Waals surface area contributed by atoms with Crippen LogP contribution in [0.15, 0.2) is 50.2 Å². The van der Waals surface area contributed by atoms with Gasteiger partial charge in [0, 0.05) is 30.7 Å². The van der Waals surface area contributed by atoms with Crippen LogP contribution in [0.25, 0.3) is 0 Å². The van der Waals surface area contributed by atoms with Crippen molar-refractivity contribution in [1.29, 1.82) is 0 Å². The fourth-order valence-corrected chi connectivity index (χ4v) is 1.07. The van der Waals surface area contributed by atoms with Gasteiger partial charge in [-0.2, -0.15) is 0 Å². The average molecular weight is 203 g/mol. The molecular weight excluding hydrogens is 186 g/mol. The van der Waals surface area contributed by atoms with Crippen molar-refractivity contribution in [3.8, 4) is 0 Å². The van der Waals surface area contributed by atoms with Crippen molar-refractivity contribution >= 4 is 19.6 Å². The van der Waals surface area contributed by atoms with Crippen molar-refractivity contribution in [3.63, 3.8) is 0 Å². The first-order valence-corrected chi connectivity index (χ1v) is 4.60. The molecule has 3 nitrogen and oxygen atoms in total. The molecule has 0 N–H and O–H groups in total. The SMILES string of the molecule is C=N\C=C/C(=C\C)C(/C=N\C)=C(/C)N=C. The van der Waals surface area contributed by atoms with Gasteiger partial charge in [0.25, 0.3) is 0 Å². The molecule has 3 heteroatoms. The lowest BCUT2D eigenvalue weighted by Gasteiger charge is -2.04. The van der Waals surface area contributed by atoms with Crippen molar-refractivity contribution in [2.24, 2.45) is 15.0 Å². The summed E-state index contributed by atoms with van der Waals surface area (Å²) in [5.41, 5.74) is 2.77. The molecule has 0 rings (SSSR count). The van der Waals surface area contributed by atoms with Crippen LogP contribution in [0.4, 0.5) is 0 Å². The Morgan fingerprint density at radius 1 is 1.27 bits per heavy atom. The van der Waals surface area contributed by atoms with E-state index in [2.05, 4.69) is 28.4 Å². The lowest BCUT2D eigenvalue weighted by Crippen LogP contribution is -1.92. The number of rotatable bonds is 5.